The van der Waals surface area contributed by atoms with Crippen molar-refractivity contribution in [1.29, 1.82) is 0 Å². The lowest BCUT2D eigenvalue weighted by Crippen LogP contribution is -2.00. The zero-order chi connectivity index (χ0) is 23.3. The van der Waals surface area contributed by atoms with Gasteiger partial charge in [0.25, 0.3) is 5.69 Å². The van der Waals surface area contributed by atoms with Crippen LogP contribution in [0.4, 0.5) is 17.1 Å². The molecular weight excluding hydrogens is 482 g/mol. The number of rotatable bonds is 8. The molecule has 0 atom stereocenters. The first-order valence-corrected chi connectivity index (χ1v) is 10.3. The van der Waals surface area contributed by atoms with Crippen molar-refractivity contribution in [3.8, 4) is 17.2 Å². The first kappa shape index (κ1) is 22.9. The van der Waals surface area contributed by atoms with Crippen LogP contribution in [0.3, 0.4) is 0 Å². The fraction of sp³-hybridized carbons (Fsp3) is 0.136. The minimum Gasteiger partial charge on any atom is -0.490 e. The maximum atomic E-state index is 11.4. The van der Waals surface area contributed by atoms with Gasteiger partial charge in [0.1, 0.15) is 0 Å². The predicted molar refractivity (Wildman–Crippen MR) is 124 cm³/mol. The predicted octanol–water partition coefficient (Wildman–Crippen LogP) is 6.52. The summed E-state index contributed by atoms with van der Waals surface area (Å²) >= 11 is 3.42. The topological polar surface area (TPSA) is 117 Å². The Labute approximate surface area is 191 Å². The van der Waals surface area contributed by atoms with Crippen LogP contribution < -0.4 is 9.47 Å². The molecule has 0 fully saturated rings. The van der Waals surface area contributed by atoms with Gasteiger partial charge in [-0.3, -0.25) is 25.2 Å². The first-order chi connectivity index (χ1) is 15.3. The molecule has 0 aliphatic heterocycles. The molecule has 3 rings (SSSR count). The summed E-state index contributed by atoms with van der Waals surface area (Å²) in [7, 11) is 0. The maximum Gasteiger partial charge on any atom is 0.318 e. The standard InChI is InChI=1S/C22H18BrN3O6/c1-3-31-21-11-15(13-24-16-6-4-14(2)5-7-16)10-18(23)22(21)32-20-9-8-17(25(27)28)12-19(20)26(29)30/h4-13H,3H2,1-2H3. The zero-order valence-electron chi connectivity index (χ0n) is 17.1. The van der Waals surface area contributed by atoms with Crippen LogP contribution in [-0.4, -0.2) is 22.7 Å². The van der Waals surface area contributed by atoms with Gasteiger partial charge < -0.3 is 9.47 Å². The van der Waals surface area contributed by atoms with E-state index in [-0.39, 0.29) is 11.5 Å². The van der Waals surface area contributed by atoms with E-state index in [1.165, 1.54) is 6.07 Å². The smallest absolute Gasteiger partial charge is 0.318 e. The molecule has 9 nitrogen and oxygen atoms in total. The van der Waals surface area contributed by atoms with Crippen LogP contribution in [0.25, 0.3) is 0 Å². The summed E-state index contributed by atoms with van der Waals surface area (Å²) in [5.41, 5.74) is 1.69. The molecule has 0 saturated heterocycles. The second-order valence-electron chi connectivity index (χ2n) is 6.63. The summed E-state index contributed by atoms with van der Waals surface area (Å²) in [5.74, 6) is 0.388. The second-order valence-corrected chi connectivity index (χ2v) is 7.48. The van der Waals surface area contributed by atoms with E-state index in [1.807, 2.05) is 31.2 Å². The van der Waals surface area contributed by atoms with E-state index in [0.29, 0.717) is 22.4 Å². The molecule has 0 bridgehead atoms. The molecule has 0 radical (unpaired) electrons. The Bertz CT molecular complexity index is 1200. The number of non-ortho nitro benzene ring substituents is 1. The molecule has 3 aromatic rings. The number of hydrogen-bond acceptors (Lipinski definition) is 7. The Morgan fingerprint density at radius 3 is 2.34 bits per heavy atom. The van der Waals surface area contributed by atoms with E-state index in [0.717, 1.165) is 23.4 Å². The Morgan fingerprint density at radius 1 is 1.00 bits per heavy atom. The number of hydrogen-bond donors (Lipinski definition) is 0. The fourth-order valence-corrected chi connectivity index (χ4v) is 3.30. The molecule has 164 valence electrons. The Balaban J connectivity index is 1.97. The number of nitrogens with zero attached hydrogens (tertiary/aromatic N) is 3. The lowest BCUT2D eigenvalue weighted by molar-refractivity contribution is -0.394. The lowest BCUT2D eigenvalue weighted by atomic mass is 10.2. The van der Waals surface area contributed by atoms with Gasteiger partial charge in [-0.05, 0) is 65.7 Å². The summed E-state index contributed by atoms with van der Waals surface area (Å²) < 4.78 is 11.9. The largest absolute Gasteiger partial charge is 0.490 e. The van der Waals surface area contributed by atoms with Gasteiger partial charge in [-0.25, -0.2) is 0 Å². The Kier molecular flexibility index (Phi) is 7.16. The van der Waals surface area contributed by atoms with Gasteiger partial charge in [-0.15, -0.1) is 0 Å². The molecule has 0 N–H and O–H groups in total. The molecular formula is C22H18BrN3O6. The number of aryl methyl sites for hydroxylation is 1. The average molecular weight is 500 g/mol. The third kappa shape index (κ3) is 5.46. The Morgan fingerprint density at radius 2 is 1.72 bits per heavy atom. The van der Waals surface area contributed by atoms with Crippen molar-refractivity contribution in [2.45, 2.75) is 13.8 Å². The lowest BCUT2D eigenvalue weighted by Gasteiger charge is -2.14. The van der Waals surface area contributed by atoms with E-state index in [4.69, 9.17) is 9.47 Å². The molecule has 0 aromatic heterocycles. The van der Waals surface area contributed by atoms with Gasteiger partial charge in [-0.2, -0.15) is 0 Å². The molecule has 0 saturated carbocycles. The normalized spacial score (nSPS) is 10.8. The van der Waals surface area contributed by atoms with Crippen molar-refractivity contribution < 1.29 is 19.3 Å². The molecule has 0 aliphatic rings. The van der Waals surface area contributed by atoms with Gasteiger partial charge in [0.15, 0.2) is 11.5 Å². The van der Waals surface area contributed by atoms with Gasteiger partial charge >= 0.3 is 5.69 Å². The van der Waals surface area contributed by atoms with Crippen molar-refractivity contribution in [2.24, 2.45) is 4.99 Å². The molecule has 0 amide bonds. The maximum absolute atomic E-state index is 11.4. The number of aliphatic imine (C=N–C) groups is 1. The third-order valence-corrected chi connectivity index (χ3v) is 4.88. The van der Waals surface area contributed by atoms with Crippen LogP contribution in [-0.2, 0) is 0 Å². The fourth-order valence-electron chi connectivity index (χ4n) is 2.76. The van der Waals surface area contributed by atoms with Crippen molar-refractivity contribution in [3.05, 3.63) is 90.4 Å². The van der Waals surface area contributed by atoms with Crippen LogP contribution in [0.5, 0.6) is 17.2 Å². The van der Waals surface area contributed by atoms with Gasteiger partial charge in [0, 0.05) is 12.3 Å². The van der Waals surface area contributed by atoms with Gasteiger partial charge in [0.05, 0.1) is 32.7 Å². The SMILES string of the molecule is CCOc1cc(C=Nc2ccc(C)cc2)cc(Br)c1Oc1ccc([N+](=O)[O-])cc1[N+](=O)[O-]. The first-order valence-electron chi connectivity index (χ1n) is 9.46. The second kappa shape index (κ2) is 10.0. The highest BCUT2D eigenvalue weighted by Gasteiger charge is 2.23. The van der Waals surface area contributed by atoms with E-state index in [9.17, 15) is 20.2 Å². The highest BCUT2D eigenvalue weighted by atomic mass is 79.9. The zero-order valence-corrected chi connectivity index (χ0v) is 18.7. The van der Waals surface area contributed by atoms with Crippen molar-refractivity contribution >= 4 is 39.2 Å². The highest BCUT2D eigenvalue weighted by molar-refractivity contribution is 9.10. The molecule has 32 heavy (non-hydrogen) atoms. The third-order valence-electron chi connectivity index (χ3n) is 4.29. The summed E-state index contributed by atoms with van der Waals surface area (Å²) in [6.07, 6.45) is 1.66. The number of halogens is 1. The molecule has 0 spiro atoms. The number of nitro groups is 2. The summed E-state index contributed by atoms with van der Waals surface area (Å²) in [6.45, 7) is 4.11. The minimum absolute atomic E-state index is 0.150. The molecule has 0 heterocycles. The Hall–Kier alpha value is -3.79. The quantitative estimate of drug-likeness (QED) is 0.198. The number of ether oxygens (including phenoxy) is 2. The molecule has 3 aromatic carbocycles. The van der Waals surface area contributed by atoms with Crippen molar-refractivity contribution in [1.82, 2.24) is 0 Å². The van der Waals surface area contributed by atoms with Gasteiger partial charge in [0.2, 0.25) is 5.75 Å². The van der Waals surface area contributed by atoms with Crippen LogP contribution in [0.1, 0.15) is 18.1 Å². The van der Waals surface area contributed by atoms with E-state index in [2.05, 4.69) is 20.9 Å². The van der Waals surface area contributed by atoms with Crippen LogP contribution in [0.15, 0.2) is 64.1 Å². The number of nitro benzene ring substituents is 2. The van der Waals surface area contributed by atoms with Crippen molar-refractivity contribution in [3.63, 3.8) is 0 Å². The highest BCUT2D eigenvalue weighted by Crippen LogP contribution is 2.42. The van der Waals surface area contributed by atoms with Crippen LogP contribution >= 0.6 is 15.9 Å². The summed E-state index contributed by atoms with van der Waals surface area (Å²) in [6, 6.07) is 14.3. The number of benzene rings is 3. The average Bonchev–Trinajstić information content (AvgIpc) is 2.75. The summed E-state index contributed by atoms with van der Waals surface area (Å²) in [5, 5.41) is 22.4. The van der Waals surface area contributed by atoms with Crippen LogP contribution in [0, 0.1) is 27.2 Å². The molecule has 0 aliphatic carbocycles. The monoisotopic (exact) mass is 499 g/mol. The van der Waals surface area contributed by atoms with Crippen molar-refractivity contribution in [2.75, 3.05) is 6.61 Å². The molecule has 0 unspecified atom stereocenters. The van der Waals surface area contributed by atoms with Gasteiger partial charge in [-0.1, -0.05) is 17.7 Å². The van der Waals surface area contributed by atoms with E-state index < -0.39 is 21.2 Å². The molecule has 10 heteroatoms. The van der Waals surface area contributed by atoms with E-state index >= 15 is 0 Å². The minimum atomic E-state index is -0.737. The van der Waals surface area contributed by atoms with Crippen LogP contribution in [0.2, 0.25) is 0 Å². The van der Waals surface area contributed by atoms with E-state index in [1.54, 1.807) is 25.3 Å². The summed E-state index contributed by atoms with van der Waals surface area (Å²) in [4.78, 5) is 25.4.